The molecule has 1 aromatic heterocycles. The number of aromatic nitrogens is 3. The highest BCUT2D eigenvalue weighted by Gasteiger charge is 2.23. The molecule has 0 saturated carbocycles. The summed E-state index contributed by atoms with van der Waals surface area (Å²) in [5.74, 6) is 3.57. The summed E-state index contributed by atoms with van der Waals surface area (Å²) in [5, 5.41) is 9.63. The minimum atomic E-state index is 0.166. The first kappa shape index (κ1) is 21.0. The van der Waals surface area contributed by atoms with E-state index < -0.39 is 0 Å². The highest BCUT2D eigenvalue weighted by Crippen LogP contribution is 2.35. The lowest BCUT2D eigenvalue weighted by atomic mass is 9.99. The molecule has 2 aliphatic rings. The van der Waals surface area contributed by atoms with Gasteiger partial charge in [-0.3, -0.25) is 9.36 Å². The summed E-state index contributed by atoms with van der Waals surface area (Å²) in [7, 11) is 0. The van der Waals surface area contributed by atoms with Crippen LogP contribution in [0.4, 0.5) is 0 Å². The van der Waals surface area contributed by atoms with E-state index in [-0.39, 0.29) is 11.9 Å². The molecule has 4 rings (SSSR count). The molecule has 162 valence electrons. The maximum atomic E-state index is 12.6. The maximum Gasteiger partial charge on any atom is 0.233 e. The molecule has 0 aliphatic carbocycles. The number of ether oxygens (including phenoxy) is 2. The zero-order chi connectivity index (χ0) is 21.1. The lowest BCUT2D eigenvalue weighted by molar-refractivity contribution is -0.129. The molecule has 1 amide bonds. The summed E-state index contributed by atoms with van der Waals surface area (Å²) in [6.45, 7) is 9.50. The van der Waals surface area contributed by atoms with Crippen LogP contribution in [-0.4, -0.2) is 57.6 Å². The largest absolute Gasteiger partial charge is 0.490 e. The molecule has 2 aliphatic heterocycles. The molecule has 7 nitrogen and oxygen atoms in total. The Hall–Kier alpha value is -2.22. The molecule has 1 fully saturated rings. The predicted octanol–water partition coefficient (Wildman–Crippen LogP) is 4.04. The van der Waals surface area contributed by atoms with Crippen molar-refractivity contribution in [3.05, 3.63) is 18.2 Å². The Morgan fingerprint density at radius 2 is 1.90 bits per heavy atom. The number of carbonyl (C=O) groups is 1. The number of carbonyl (C=O) groups excluding carboxylic acids is 1. The van der Waals surface area contributed by atoms with Crippen LogP contribution in [-0.2, 0) is 4.79 Å². The van der Waals surface area contributed by atoms with Gasteiger partial charge in [0, 0.05) is 31.1 Å². The van der Waals surface area contributed by atoms with E-state index in [1.165, 1.54) is 11.8 Å². The van der Waals surface area contributed by atoms with Crippen LogP contribution in [0.15, 0.2) is 23.4 Å². The molecule has 0 spiro atoms. The smallest absolute Gasteiger partial charge is 0.233 e. The fourth-order valence-corrected chi connectivity index (χ4v) is 4.79. The van der Waals surface area contributed by atoms with E-state index in [4.69, 9.17) is 9.47 Å². The number of nitrogens with zero attached hydrogens (tertiary/aromatic N) is 4. The van der Waals surface area contributed by atoms with Gasteiger partial charge in [-0.1, -0.05) is 18.7 Å². The van der Waals surface area contributed by atoms with Crippen molar-refractivity contribution in [2.45, 2.75) is 51.2 Å². The van der Waals surface area contributed by atoms with Gasteiger partial charge in [0.1, 0.15) is 0 Å². The van der Waals surface area contributed by atoms with Crippen molar-refractivity contribution in [3.8, 4) is 22.9 Å². The number of piperidine rings is 1. The van der Waals surface area contributed by atoms with E-state index in [0.29, 0.717) is 24.9 Å². The van der Waals surface area contributed by atoms with Crippen LogP contribution < -0.4 is 9.47 Å². The van der Waals surface area contributed by atoms with Crippen molar-refractivity contribution in [2.24, 2.45) is 5.92 Å². The normalized spacial score (nSPS) is 17.3. The van der Waals surface area contributed by atoms with E-state index in [1.54, 1.807) is 0 Å². The van der Waals surface area contributed by atoms with E-state index in [2.05, 4.69) is 35.5 Å². The summed E-state index contributed by atoms with van der Waals surface area (Å²) in [4.78, 5) is 14.6. The highest BCUT2D eigenvalue weighted by molar-refractivity contribution is 7.99. The predicted molar refractivity (Wildman–Crippen MR) is 117 cm³/mol. The number of amides is 1. The SMILES string of the molecule is CC1CCN(C(=O)CSc2nnc(-c3ccc4c(c3)OCCCO4)n2C(C)C)CC1. The van der Waals surface area contributed by atoms with E-state index in [0.717, 1.165) is 60.4 Å². The molecule has 0 radical (unpaired) electrons. The lowest BCUT2D eigenvalue weighted by Crippen LogP contribution is -2.38. The molecule has 1 saturated heterocycles. The summed E-state index contributed by atoms with van der Waals surface area (Å²) < 4.78 is 13.7. The third kappa shape index (κ3) is 4.58. The molecule has 0 bridgehead atoms. The van der Waals surface area contributed by atoms with Gasteiger partial charge in [-0.15, -0.1) is 10.2 Å². The Balaban J connectivity index is 1.51. The molecular weight excluding hydrogens is 400 g/mol. The summed E-state index contributed by atoms with van der Waals surface area (Å²) >= 11 is 1.47. The molecule has 30 heavy (non-hydrogen) atoms. The average Bonchev–Trinajstić information content (AvgIpc) is 3.03. The van der Waals surface area contributed by atoms with Crippen LogP contribution in [0.25, 0.3) is 11.4 Å². The van der Waals surface area contributed by atoms with Gasteiger partial charge in [0.15, 0.2) is 22.5 Å². The fourth-order valence-electron chi connectivity index (χ4n) is 3.82. The molecule has 8 heteroatoms. The Bertz CT molecular complexity index is 891. The van der Waals surface area contributed by atoms with Gasteiger partial charge in [0.2, 0.25) is 5.91 Å². The topological polar surface area (TPSA) is 69.5 Å². The Labute approximate surface area is 182 Å². The summed E-state index contributed by atoms with van der Waals surface area (Å²) in [6.07, 6.45) is 3.05. The standard InChI is InChI=1S/C22H30N4O3S/c1-15(2)26-21(17-5-6-18-19(13-17)29-12-4-11-28-18)23-24-22(26)30-14-20(27)25-9-7-16(3)8-10-25/h5-6,13,15-16H,4,7-12,14H2,1-3H3. The molecule has 0 unspecified atom stereocenters. The molecule has 2 aromatic rings. The quantitative estimate of drug-likeness (QED) is 0.667. The van der Waals surface area contributed by atoms with Gasteiger partial charge in [-0.2, -0.15) is 0 Å². The van der Waals surface area contributed by atoms with Crippen molar-refractivity contribution >= 4 is 17.7 Å². The first-order valence-electron chi connectivity index (χ1n) is 10.8. The van der Waals surface area contributed by atoms with Crippen molar-refractivity contribution in [3.63, 3.8) is 0 Å². The third-order valence-corrected chi connectivity index (χ3v) is 6.58. The highest BCUT2D eigenvalue weighted by atomic mass is 32.2. The average molecular weight is 431 g/mol. The minimum Gasteiger partial charge on any atom is -0.490 e. The van der Waals surface area contributed by atoms with Gasteiger partial charge >= 0.3 is 0 Å². The lowest BCUT2D eigenvalue weighted by Gasteiger charge is -2.30. The molecule has 1 aromatic carbocycles. The van der Waals surface area contributed by atoms with Gasteiger partial charge in [0.05, 0.1) is 19.0 Å². The Morgan fingerprint density at radius 1 is 1.17 bits per heavy atom. The van der Waals surface area contributed by atoms with Crippen molar-refractivity contribution in [1.29, 1.82) is 0 Å². The fraction of sp³-hybridized carbons (Fsp3) is 0.591. The molecule has 0 atom stereocenters. The zero-order valence-corrected chi connectivity index (χ0v) is 18.8. The van der Waals surface area contributed by atoms with Crippen molar-refractivity contribution in [1.82, 2.24) is 19.7 Å². The maximum absolute atomic E-state index is 12.6. The number of likely N-dealkylation sites (tertiary alicyclic amines) is 1. The summed E-state index contributed by atoms with van der Waals surface area (Å²) in [5.41, 5.74) is 0.934. The minimum absolute atomic E-state index is 0.166. The van der Waals surface area contributed by atoms with Crippen LogP contribution in [0.5, 0.6) is 11.5 Å². The number of rotatable bonds is 5. The van der Waals surface area contributed by atoms with E-state index in [1.807, 2.05) is 23.1 Å². The van der Waals surface area contributed by atoms with Crippen LogP contribution in [0.1, 0.15) is 46.1 Å². The molecule has 3 heterocycles. The van der Waals surface area contributed by atoms with Crippen LogP contribution >= 0.6 is 11.8 Å². The van der Waals surface area contributed by atoms with Crippen LogP contribution in [0.3, 0.4) is 0 Å². The Kier molecular flexibility index (Phi) is 6.51. The second kappa shape index (κ2) is 9.29. The number of hydrogen-bond acceptors (Lipinski definition) is 6. The van der Waals surface area contributed by atoms with Crippen LogP contribution in [0.2, 0.25) is 0 Å². The van der Waals surface area contributed by atoms with Crippen molar-refractivity contribution < 1.29 is 14.3 Å². The molecular formula is C22H30N4O3S. The summed E-state index contributed by atoms with van der Waals surface area (Å²) in [6, 6.07) is 6.06. The van der Waals surface area contributed by atoms with Crippen molar-refractivity contribution in [2.75, 3.05) is 32.1 Å². The number of hydrogen-bond donors (Lipinski definition) is 0. The molecule has 0 N–H and O–H groups in total. The first-order valence-corrected chi connectivity index (χ1v) is 11.8. The van der Waals surface area contributed by atoms with Gasteiger partial charge in [-0.25, -0.2) is 0 Å². The number of fused-ring (bicyclic) bond motifs is 1. The van der Waals surface area contributed by atoms with Gasteiger partial charge in [0.25, 0.3) is 0 Å². The van der Waals surface area contributed by atoms with E-state index >= 15 is 0 Å². The third-order valence-electron chi connectivity index (χ3n) is 5.65. The first-order chi connectivity index (χ1) is 14.5. The Morgan fingerprint density at radius 3 is 2.63 bits per heavy atom. The monoisotopic (exact) mass is 430 g/mol. The van der Waals surface area contributed by atoms with Gasteiger partial charge in [-0.05, 0) is 50.8 Å². The van der Waals surface area contributed by atoms with E-state index in [9.17, 15) is 4.79 Å². The van der Waals surface area contributed by atoms with Gasteiger partial charge < -0.3 is 14.4 Å². The van der Waals surface area contributed by atoms with Crippen LogP contribution in [0, 0.1) is 5.92 Å². The number of thioether (sulfide) groups is 1. The second-order valence-corrected chi connectivity index (χ2v) is 9.28. The number of benzene rings is 1. The second-order valence-electron chi connectivity index (χ2n) is 8.33. The zero-order valence-electron chi connectivity index (χ0n) is 18.0.